The fourth-order valence-corrected chi connectivity index (χ4v) is 1.44. The van der Waals surface area contributed by atoms with Crippen molar-refractivity contribution in [3.63, 3.8) is 0 Å². The van der Waals surface area contributed by atoms with Crippen molar-refractivity contribution in [1.29, 1.82) is 0 Å². The molecule has 1 aromatic rings. The zero-order valence-electron chi connectivity index (χ0n) is 6.55. The van der Waals surface area contributed by atoms with Crippen LogP contribution < -0.4 is 0 Å². The highest BCUT2D eigenvalue weighted by atomic mass is 35.5. The number of aromatic nitrogens is 2. The summed E-state index contributed by atoms with van der Waals surface area (Å²) < 4.78 is 2.05. The summed E-state index contributed by atoms with van der Waals surface area (Å²) in [5.41, 5.74) is 2.24. The Kier molecular flexibility index (Phi) is 1.64. The van der Waals surface area contributed by atoms with Gasteiger partial charge in [-0.25, -0.2) is 0 Å². The molecule has 0 spiro atoms. The highest BCUT2D eigenvalue weighted by molar-refractivity contribution is 6.16. The Balaban J connectivity index is 2.28. The lowest BCUT2D eigenvalue weighted by molar-refractivity contribution is 0.634. The maximum atomic E-state index is 5.69. The molecule has 3 heteroatoms. The van der Waals surface area contributed by atoms with Gasteiger partial charge in [0.1, 0.15) is 0 Å². The first kappa shape index (κ1) is 7.17. The monoisotopic (exact) mass is 170 g/mol. The van der Waals surface area contributed by atoms with Crippen molar-refractivity contribution in [2.24, 2.45) is 0 Å². The standard InChI is InChI=1S/C8H11ClN2/c1-6-5-11(7-2-3-7)10-8(6)4-9/h5,7H,2-4H2,1H3. The summed E-state index contributed by atoms with van der Waals surface area (Å²) in [5, 5.41) is 4.38. The van der Waals surface area contributed by atoms with Crippen LogP contribution >= 0.6 is 11.6 Å². The van der Waals surface area contributed by atoms with E-state index in [0.29, 0.717) is 11.9 Å². The minimum atomic E-state index is 0.533. The second-order valence-electron chi connectivity index (χ2n) is 3.10. The molecule has 0 bridgehead atoms. The van der Waals surface area contributed by atoms with Crippen molar-refractivity contribution in [2.45, 2.75) is 31.7 Å². The van der Waals surface area contributed by atoms with E-state index in [2.05, 4.69) is 18.2 Å². The first-order valence-corrected chi connectivity index (χ1v) is 4.45. The predicted octanol–water partition coefficient (Wildman–Crippen LogP) is 2.27. The molecule has 1 aromatic heterocycles. The number of alkyl halides is 1. The number of halogens is 1. The number of aryl methyl sites for hydroxylation is 1. The van der Waals surface area contributed by atoms with Gasteiger partial charge in [0.15, 0.2) is 0 Å². The maximum Gasteiger partial charge on any atom is 0.0801 e. The van der Waals surface area contributed by atoms with Gasteiger partial charge < -0.3 is 0 Å². The summed E-state index contributed by atoms with van der Waals surface area (Å²) in [5.74, 6) is 0.533. The Morgan fingerprint density at radius 1 is 1.73 bits per heavy atom. The van der Waals surface area contributed by atoms with Crippen LogP contribution in [0.5, 0.6) is 0 Å². The van der Waals surface area contributed by atoms with Gasteiger partial charge >= 0.3 is 0 Å². The van der Waals surface area contributed by atoms with Gasteiger partial charge in [-0.1, -0.05) is 0 Å². The lowest BCUT2D eigenvalue weighted by Crippen LogP contribution is -1.94. The van der Waals surface area contributed by atoms with E-state index in [1.165, 1.54) is 18.4 Å². The highest BCUT2D eigenvalue weighted by Gasteiger charge is 2.24. The quantitative estimate of drug-likeness (QED) is 0.623. The molecule has 0 aliphatic heterocycles. The van der Waals surface area contributed by atoms with Crippen LogP contribution in [0.4, 0.5) is 0 Å². The fourth-order valence-electron chi connectivity index (χ4n) is 1.18. The van der Waals surface area contributed by atoms with Gasteiger partial charge in [-0.2, -0.15) is 5.10 Å². The van der Waals surface area contributed by atoms with E-state index in [1.54, 1.807) is 0 Å². The van der Waals surface area contributed by atoms with Gasteiger partial charge in [0.2, 0.25) is 0 Å². The molecule has 1 fully saturated rings. The molecule has 1 heterocycles. The third-order valence-corrected chi connectivity index (χ3v) is 2.32. The molecule has 0 N–H and O–H groups in total. The normalized spacial score (nSPS) is 17.3. The van der Waals surface area contributed by atoms with Crippen LogP contribution in [-0.4, -0.2) is 9.78 Å². The van der Waals surface area contributed by atoms with Crippen LogP contribution in [0.3, 0.4) is 0 Å². The average Bonchev–Trinajstić information content (AvgIpc) is 2.76. The molecule has 0 saturated heterocycles. The first-order chi connectivity index (χ1) is 5.31. The van der Waals surface area contributed by atoms with Gasteiger partial charge in [0.25, 0.3) is 0 Å². The Bertz CT molecular complexity index is 263. The minimum Gasteiger partial charge on any atom is -0.269 e. The molecule has 60 valence electrons. The molecule has 2 rings (SSSR count). The number of rotatable bonds is 2. The van der Waals surface area contributed by atoms with E-state index < -0.39 is 0 Å². The maximum absolute atomic E-state index is 5.69. The fraction of sp³-hybridized carbons (Fsp3) is 0.625. The Hall–Kier alpha value is -0.500. The van der Waals surface area contributed by atoms with E-state index in [0.717, 1.165) is 5.69 Å². The number of hydrogen-bond acceptors (Lipinski definition) is 1. The molecular weight excluding hydrogens is 160 g/mol. The van der Waals surface area contributed by atoms with E-state index in [4.69, 9.17) is 11.6 Å². The molecule has 0 aromatic carbocycles. The van der Waals surface area contributed by atoms with Crippen LogP contribution in [0.25, 0.3) is 0 Å². The number of hydrogen-bond donors (Lipinski definition) is 0. The molecule has 11 heavy (non-hydrogen) atoms. The Morgan fingerprint density at radius 2 is 2.45 bits per heavy atom. The second kappa shape index (κ2) is 2.52. The minimum absolute atomic E-state index is 0.533. The number of nitrogens with zero attached hydrogens (tertiary/aromatic N) is 2. The van der Waals surface area contributed by atoms with Gasteiger partial charge in [-0.15, -0.1) is 11.6 Å². The van der Waals surface area contributed by atoms with Crippen LogP contribution in [0.1, 0.15) is 30.1 Å². The summed E-state index contributed by atoms with van der Waals surface area (Å²) >= 11 is 5.69. The van der Waals surface area contributed by atoms with E-state index in [9.17, 15) is 0 Å². The molecule has 2 nitrogen and oxygen atoms in total. The SMILES string of the molecule is Cc1cn(C2CC2)nc1CCl. The third-order valence-electron chi connectivity index (χ3n) is 2.06. The molecule has 1 aliphatic rings. The predicted molar refractivity (Wildman–Crippen MR) is 44.8 cm³/mol. The van der Waals surface area contributed by atoms with Gasteiger partial charge in [0, 0.05) is 6.20 Å². The van der Waals surface area contributed by atoms with Gasteiger partial charge in [-0.05, 0) is 25.3 Å². The zero-order valence-corrected chi connectivity index (χ0v) is 7.30. The van der Waals surface area contributed by atoms with Crippen molar-refractivity contribution >= 4 is 11.6 Å². The Labute approximate surface area is 71.2 Å². The Morgan fingerprint density at radius 3 is 2.91 bits per heavy atom. The van der Waals surface area contributed by atoms with Crippen molar-refractivity contribution in [3.8, 4) is 0 Å². The molecule has 0 unspecified atom stereocenters. The molecule has 0 radical (unpaired) electrons. The smallest absolute Gasteiger partial charge is 0.0801 e. The van der Waals surface area contributed by atoms with Crippen LogP contribution in [0.2, 0.25) is 0 Å². The van der Waals surface area contributed by atoms with Crippen molar-refractivity contribution in [1.82, 2.24) is 9.78 Å². The van der Waals surface area contributed by atoms with Crippen molar-refractivity contribution in [2.75, 3.05) is 0 Å². The van der Waals surface area contributed by atoms with Gasteiger partial charge in [0.05, 0.1) is 17.6 Å². The van der Waals surface area contributed by atoms with Crippen LogP contribution in [0.15, 0.2) is 6.20 Å². The third kappa shape index (κ3) is 1.27. The van der Waals surface area contributed by atoms with Gasteiger partial charge in [-0.3, -0.25) is 4.68 Å². The summed E-state index contributed by atoms with van der Waals surface area (Å²) in [4.78, 5) is 0. The van der Waals surface area contributed by atoms with Crippen molar-refractivity contribution < 1.29 is 0 Å². The van der Waals surface area contributed by atoms with Crippen LogP contribution in [0, 0.1) is 6.92 Å². The van der Waals surface area contributed by atoms with E-state index in [1.807, 2.05) is 4.68 Å². The largest absolute Gasteiger partial charge is 0.269 e. The topological polar surface area (TPSA) is 17.8 Å². The summed E-state index contributed by atoms with van der Waals surface area (Å²) in [6.45, 7) is 2.06. The van der Waals surface area contributed by atoms with Crippen molar-refractivity contribution in [3.05, 3.63) is 17.5 Å². The van der Waals surface area contributed by atoms with E-state index >= 15 is 0 Å². The second-order valence-corrected chi connectivity index (χ2v) is 3.37. The lowest BCUT2D eigenvalue weighted by atomic mass is 10.3. The average molecular weight is 171 g/mol. The summed E-state index contributed by atoms with van der Waals surface area (Å²) in [6, 6.07) is 0.672. The molecule has 0 amide bonds. The zero-order chi connectivity index (χ0) is 7.84. The van der Waals surface area contributed by atoms with E-state index in [-0.39, 0.29) is 0 Å². The molecular formula is C8H11ClN2. The highest BCUT2D eigenvalue weighted by Crippen LogP contribution is 2.34. The first-order valence-electron chi connectivity index (χ1n) is 3.92. The molecule has 1 saturated carbocycles. The summed E-state index contributed by atoms with van der Waals surface area (Å²) in [6.07, 6.45) is 4.65. The lowest BCUT2D eigenvalue weighted by Gasteiger charge is -1.92. The molecule has 1 aliphatic carbocycles. The summed E-state index contributed by atoms with van der Waals surface area (Å²) in [7, 11) is 0. The molecule has 0 atom stereocenters. The van der Waals surface area contributed by atoms with Crippen LogP contribution in [-0.2, 0) is 5.88 Å².